The number of hydrogen-bond donors (Lipinski definition) is 1. The highest BCUT2D eigenvalue weighted by Crippen LogP contribution is 2.22. The summed E-state index contributed by atoms with van der Waals surface area (Å²) in [5.41, 5.74) is 0.135. The highest BCUT2D eigenvalue weighted by molar-refractivity contribution is 6.05. The number of nitrogens with zero attached hydrogens (tertiary/aromatic N) is 2. The van der Waals surface area contributed by atoms with E-state index >= 15 is 0 Å². The first-order valence-corrected chi connectivity index (χ1v) is 4.75. The summed E-state index contributed by atoms with van der Waals surface area (Å²) < 4.78 is 13.4. The summed E-state index contributed by atoms with van der Waals surface area (Å²) in [6.45, 7) is 0.145. The molecule has 5 nitrogen and oxygen atoms in total. The number of carbonyl (C=O) groups excluding carboxylic acids is 2. The molecule has 1 fully saturated rings. The number of urea groups is 1. The molecule has 0 saturated carbocycles. The van der Waals surface area contributed by atoms with E-state index in [1.54, 1.807) is 6.07 Å². The average Bonchev–Trinajstić information content (AvgIpc) is 2.28. The smallest absolute Gasteiger partial charge is 0.289 e. The molecule has 1 aliphatic heterocycles. The maximum absolute atomic E-state index is 13.4. The molecule has 16 heavy (non-hydrogen) atoms. The molecule has 1 saturated heterocycles. The molecule has 6 heteroatoms. The lowest BCUT2D eigenvalue weighted by Gasteiger charge is -2.31. The van der Waals surface area contributed by atoms with Crippen LogP contribution in [-0.4, -0.2) is 23.5 Å². The Morgan fingerprint density at radius 1 is 1.25 bits per heavy atom. The summed E-state index contributed by atoms with van der Waals surface area (Å²) in [7, 11) is 0. The molecule has 0 unspecified atom stereocenters. The van der Waals surface area contributed by atoms with Crippen molar-refractivity contribution in [1.82, 2.24) is 5.01 Å². The second kappa shape index (κ2) is 3.90. The van der Waals surface area contributed by atoms with Crippen molar-refractivity contribution in [2.45, 2.75) is 6.42 Å². The zero-order chi connectivity index (χ0) is 11.7. The molecule has 84 valence electrons. The molecule has 0 atom stereocenters. The average molecular weight is 223 g/mol. The van der Waals surface area contributed by atoms with Crippen LogP contribution in [0.25, 0.3) is 0 Å². The topological polar surface area (TPSA) is 66.6 Å². The number of anilines is 1. The van der Waals surface area contributed by atoms with E-state index in [0.29, 0.717) is 5.01 Å². The molecule has 0 spiro atoms. The molecule has 3 amide bonds. The van der Waals surface area contributed by atoms with Gasteiger partial charge in [-0.2, -0.15) is 5.01 Å². The van der Waals surface area contributed by atoms with E-state index in [4.69, 9.17) is 5.84 Å². The van der Waals surface area contributed by atoms with Crippen molar-refractivity contribution in [2.75, 3.05) is 11.4 Å². The number of carbonyl (C=O) groups is 2. The van der Waals surface area contributed by atoms with Crippen LogP contribution in [0.15, 0.2) is 24.3 Å². The van der Waals surface area contributed by atoms with Crippen LogP contribution in [0.5, 0.6) is 0 Å². The van der Waals surface area contributed by atoms with Crippen molar-refractivity contribution >= 4 is 17.6 Å². The summed E-state index contributed by atoms with van der Waals surface area (Å²) >= 11 is 0. The molecule has 0 bridgehead atoms. The lowest BCUT2D eigenvalue weighted by atomic mass is 10.2. The monoisotopic (exact) mass is 223 g/mol. The van der Waals surface area contributed by atoms with Crippen molar-refractivity contribution in [3.8, 4) is 0 Å². The Labute approximate surface area is 91.2 Å². The maximum Gasteiger partial charge on any atom is 0.345 e. The molecule has 1 aliphatic rings. The van der Waals surface area contributed by atoms with Gasteiger partial charge in [-0.1, -0.05) is 12.1 Å². The molecule has 0 aromatic heterocycles. The molecular formula is C10H10FN3O2. The van der Waals surface area contributed by atoms with Gasteiger partial charge in [0.25, 0.3) is 0 Å². The molecule has 1 aromatic carbocycles. The third-order valence-electron chi connectivity index (χ3n) is 2.40. The van der Waals surface area contributed by atoms with E-state index in [-0.39, 0.29) is 18.7 Å². The predicted octanol–water partition coefficient (Wildman–Crippen LogP) is 0.858. The molecule has 2 N–H and O–H groups in total. The number of amides is 3. The predicted molar refractivity (Wildman–Crippen MR) is 54.8 cm³/mol. The summed E-state index contributed by atoms with van der Waals surface area (Å²) in [5, 5.41) is 0.510. The summed E-state index contributed by atoms with van der Waals surface area (Å²) in [6.07, 6.45) is 0.0938. The number of imide groups is 1. The van der Waals surface area contributed by atoms with Crippen LogP contribution in [0.3, 0.4) is 0 Å². The van der Waals surface area contributed by atoms with E-state index in [2.05, 4.69) is 0 Å². The number of halogens is 1. The second-order valence-electron chi connectivity index (χ2n) is 3.40. The zero-order valence-electron chi connectivity index (χ0n) is 8.39. The number of hydrazine groups is 1. The highest BCUT2D eigenvalue weighted by Gasteiger charge is 2.31. The van der Waals surface area contributed by atoms with Gasteiger partial charge in [-0.15, -0.1) is 0 Å². The third kappa shape index (κ3) is 1.63. The van der Waals surface area contributed by atoms with E-state index < -0.39 is 17.8 Å². The van der Waals surface area contributed by atoms with Gasteiger partial charge in [0.2, 0.25) is 5.91 Å². The van der Waals surface area contributed by atoms with Gasteiger partial charge in [0.05, 0.1) is 5.69 Å². The molecule has 2 rings (SSSR count). The minimum absolute atomic E-state index is 0.0938. The molecule has 0 radical (unpaired) electrons. The van der Waals surface area contributed by atoms with Crippen LogP contribution in [0.1, 0.15) is 6.42 Å². The number of para-hydroxylation sites is 1. The van der Waals surface area contributed by atoms with Crippen LogP contribution in [-0.2, 0) is 4.79 Å². The Bertz CT molecular complexity index is 449. The van der Waals surface area contributed by atoms with Gasteiger partial charge < -0.3 is 0 Å². The largest absolute Gasteiger partial charge is 0.345 e. The van der Waals surface area contributed by atoms with E-state index in [1.165, 1.54) is 18.2 Å². The fourth-order valence-electron chi connectivity index (χ4n) is 1.55. The fourth-order valence-corrected chi connectivity index (χ4v) is 1.55. The Kier molecular flexibility index (Phi) is 2.57. The van der Waals surface area contributed by atoms with Crippen LogP contribution >= 0.6 is 0 Å². The van der Waals surface area contributed by atoms with Crippen molar-refractivity contribution < 1.29 is 14.0 Å². The molecular weight excluding hydrogens is 213 g/mol. The second-order valence-corrected chi connectivity index (χ2v) is 3.40. The summed E-state index contributed by atoms with van der Waals surface area (Å²) in [6, 6.07) is 5.15. The number of rotatable bonds is 1. The molecule has 1 heterocycles. The van der Waals surface area contributed by atoms with Crippen LogP contribution in [0.4, 0.5) is 14.9 Å². The summed E-state index contributed by atoms with van der Waals surface area (Å²) in [5.74, 6) is 4.29. The minimum Gasteiger partial charge on any atom is -0.289 e. The lowest BCUT2D eigenvalue weighted by molar-refractivity contribution is -0.129. The number of benzene rings is 1. The Balaban J connectivity index is 2.32. The Morgan fingerprint density at radius 3 is 2.62 bits per heavy atom. The Morgan fingerprint density at radius 2 is 1.94 bits per heavy atom. The van der Waals surface area contributed by atoms with E-state index in [0.717, 1.165) is 4.90 Å². The first-order valence-electron chi connectivity index (χ1n) is 4.75. The quantitative estimate of drug-likeness (QED) is 0.567. The Hall–Kier alpha value is -1.95. The van der Waals surface area contributed by atoms with Gasteiger partial charge in [0, 0.05) is 13.0 Å². The molecule has 0 aliphatic carbocycles. The highest BCUT2D eigenvalue weighted by atomic mass is 19.1. The lowest BCUT2D eigenvalue weighted by Crippen LogP contribution is -2.55. The van der Waals surface area contributed by atoms with Gasteiger partial charge >= 0.3 is 6.03 Å². The van der Waals surface area contributed by atoms with Crippen LogP contribution in [0.2, 0.25) is 0 Å². The van der Waals surface area contributed by atoms with Gasteiger partial charge in [0.1, 0.15) is 5.82 Å². The van der Waals surface area contributed by atoms with Crippen molar-refractivity contribution in [1.29, 1.82) is 0 Å². The fraction of sp³-hybridized carbons (Fsp3) is 0.200. The SMILES string of the molecule is NN1C(=O)CCN(c2ccccc2F)C1=O. The minimum atomic E-state index is -0.707. The van der Waals surface area contributed by atoms with Gasteiger partial charge in [0.15, 0.2) is 0 Å². The first kappa shape index (κ1) is 10.6. The van der Waals surface area contributed by atoms with E-state index in [9.17, 15) is 14.0 Å². The van der Waals surface area contributed by atoms with Gasteiger partial charge in [-0.3, -0.25) is 9.69 Å². The maximum atomic E-state index is 13.4. The van der Waals surface area contributed by atoms with E-state index in [1.807, 2.05) is 0 Å². The normalized spacial score (nSPS) is 16.9. The third-order valence-corrected chi connectivity index (χ3v) is 2.40. The van der Waals surface area contributed by atoms with Crippen molar-refractivity contribution in [3.05, 3.63) is 30.1 Å². The van der Waals surface area contributed by atoms with Crippen molar-refractivity contribution in [3.63, 3.8) is 0 Å². The van der Waals surface area contributed by atoms with Crippen LogP contribution < -0.4 is 10.7 Å². The van der Waals surface area contributed by atoms with Crippen molar-refractivity contribution in [2.24, 2.45) is 5.84 Å². The first-order chi connectivity index (χ1) is 7.61. The number of nitrogens with two attached hydrogens (primary N) is 1. The molecule has 1 aromatic rings. The van der Waals surface area contributed by atoms with Gasteiger partial charge in [-0.05, 0) is 12.1 Å². The van der Waals surface area contributed by atoms with Gasteiger partial charge in [-0.25, -0.2) is 15.0 Å². The standard InChI is InChI=1S/C10H10FN3O2/c11-7-3-1-2-4-8(7)13-6-5-9(15)14(12)10(13)16/h1-4H,5-6,12H2. The number of hydrogen-bond acceptors (Lipinski definition) is 3. The van der Waals surface area contributed by atoms with Crippen LogP contribution in [0, 0.1) is 5.82 Å². The summed E-state index contributed by atoms with van der Waals surface area (Å²) in [4.78, 5) is 23.9. The zero-order valence-corrected chi connectivity index (χ0v) is 8.39.